The van der Waals surface area contributed by atoms with Gasteiger partial charge < -0.3 is 28.8 Å². The van der Waals surface area contributed by atoms with Crippen molar-refractivity contribution in [3.63, 3.8) is 0 Å². The first-order valence-corrected chi connectivity index (χ1v) is 19.7. The Morgan fingerprint density at radius 1 is 1.12 bits per heavy atom. The van der Waals surface area contributed by atoms with E-state index >= 15 is 0 Å². The number of hydrogen-bond acceptors (Lipinski definition) is 12. The van der Waals surface area contributed by atoms with Crippen LogP contribution < -0.4 is 14.8 Å². The Morgan fingerprint density at radius 3 is 2.76 bits per heavy atom. The maximum Gasteiger partial charge on any atom is 0.310 e. The zero-order valence-corrected chi connectivity index (χ0v) is 30.1. The summed E-state index contributed by atoms with van der Waals surface area (Å²) in [5.41, 5.74) is 2.55. The van der Waals surface area contributed by atoms with E-state index in [1.54, 1.807) is 19.1 Å². The molecule has 4 heterocycles. The van der Waals surface area contributed by atoms with Gasteiger partial charge in [-0.25, -0.2) is 18.1 Å². The number of nitrogens with zero attached hydrogens (tertiary/aromatic N) is 4. The SMILES string of the molecule is CCOC1OC(=O)CC1NS(=O)(=O)C1CCN(CC(=O)Nc2cccc(O[C@H](C)C(SCCN3CCOCC3)n3cnc4ccccc43)c2)C1. The van der Waals surface area contributed by atoms with Gasteiger partial charge in [-0.05, 0) is 44.5 Å². The molecule has 14 nitrogen and oxygen atoms in total. The van der Waals surface area contributed by atoms with Crippen molar-refractivity contribution in [2.24, 2.45) is 0 Å². The lowest BCUT2D eigenvalue weighted by Gasteiger charge is -2.29. The molecule has 3 fully saturated rings. The summed E-state index contributed by atoms with van der Waals surface area (Å²) in [5, 5.41) is 2.16. The van der Waals surface area contributed by atoms with Crippen molar-refractivity contribution in [3.05, 3.63) is 54.9 Å². The highest BCUT2D eigenvalue weighted by Gasteiger charge is 2.42. The molecule has 0 bridgehead atoms. The number of nitrogens with one attached hydrogen (secondary N) is 2. The van der Waals surface area contributed by atoms with Crippen LogP contribution in [-0.2, 0) is 33.8 Å². The van der Waals surface area contributed by atoms with Crippen LogP contribution in [0.1, 0.15) is 32.1 Å². The van der Waals surface area contributed by atoms with Crippen LogP contribution in [-0.4, -0.2) is 128 Å². The molecule has 3 aromatic rings. The minimum absolute atomic E-state index is 0.0374. The molecular formula is C34H46N6O8S2. The summed E-state index contributed by atoms with van der Waals surface area (Å²) >= 11 is 1.83. The molecule has 4 unspecified atom stereocenters. The summed E-state index contributed by atoms with van der Waals surface area (Å²) in [6, 6.07) is 14.6. The van der Waals surface area contributed by atoms with Gasteiger partial charge in [-0.1, -0.05) is 18.2 Å². The van der Waals surface area contributed by atoms with Crippen molar-refractivity contribution in [1.29, 1.82) is 0 Å². The Kier molecular flexibility index (Phi) is 12.3. The number of rotatable bonds is 16. The quantitative estimate of drug-likeness (QED) is 0.209. The number of para-hydroxylation sites is 2. The van der Waals surface area contributed by atoms with Crippen LogP contribution in [0.3, 0.4) is 0 Å². The second-order valence-corrected chi connectivity index (χ2v) is 15.9. The van der Waals surface area contributed by atoms with Crippen LogP contribution in [0.4, 0.5) is 5.69 Å². The van der Waals surface area contributed by atoms with Crippen molar-refractivity contribution >= 4 is 50.4 Å². The van der Waals surface area contributed by atoms with E-state index < -0.39 is 33.6 Å². The minimum atomic E-state index is -3.78. The van der Waals surface area contributed by atoms with Crippen LogP contribution in [0.2, 0.25) is 0 Å². The average molecular weight is 731 g/mol. The summed E-state index contributed by atoms with van der Waals surface area (Å²) < 4.78 is 53.5. The first kappa shape index (κ1) is 36.5. The number of benzene rings is 2. The molecule has 3 aliphatic rings. The fraction of sp³-hybridized carbons (Fsp3) is 0.559. The number of anilines is 1. The predicted molar refractivity (Wildman–Crippen MR) is 190 cm³/mol. The first-order valence-electron chi connectivity index (χ1n) is 17.1. The molecule has 6 rings (SSSR count). The number of thioether (sulfide) groups is 1. The molecule has 2 N–H and O–H groups in total. The first-order chi connectivity index (χ1) is 24.2. The second-order valence-electron chi connectivity index (χ2n) is 12.7. The third-order valence-electron chi connectivity index (χ3n) is 9.04. The molecule has 3 saturated heterocycles. The number of imidazole rings is 1. The van der Waals surface area contributed by atoms with E-state index in [1.165, 1.54) is 0 Å². The number of morpholine rings is 1. The fourth-order valence-electron chi connectivity index (χ4n) is 6.52. The van der Waals surface area contributed by atoms with Crippen molar-refractivity contribution in [3.8, 4) is 5.75 Å². The zero-order valence-electron chi connectivity index (χ0n) is 28.4. The summed E-state index contributed by atoms with van der Waals surface area (Å²) in [6.07, 6.45) is 0.980. The normalized spacial score (nSPS) is 23.2. The van der Waals surface area contributed by atoms with E-state index in [0.29, 0.717) is 24.4 Å². The Morgan fingerprint density at radius 2 is 1.94 bits per heavy atom. The average Bonchev–Trinajstić information content (AvgIpc) is 3.83. The van der Waals surface area contributed by atoms with E-state index in [-0.39, 0.29) is 43.5 Å². The van der Waals surface area contributed by atoms with Gasteiger partial charge >= 0.3 is 5.97 Å². The van der Waals surface area contributed by atoms with Crippen molar-refractivity contribution in [1.82, 2.24) is 24.1 Å². The molecule has 0 saturated carbocycles. The molecule has 0 spiro atoms. The molecule has 0 radical (unpaired) electrons. The third-order valence-corrected chi connectivity index (χ3v) is 12.3. The number of aromatic nitrogens is 2. The monoisotopic (exact) mass is 730 g/mol. The fourth-order valence-corrected chi connectivity index (χ4v) is 9.41. The van der Waals surface area contributed by atoms with Crippen molar-refractivity contribution in [2.45, 2.75) is 55.7 Å². The van der Waals surface area contributed by atoms with Gasteiger partial charge in [0.1, 0.15) is 17.2 Å². The van der Waals surface area contributed by atoms with E-state index in [9.17, 15) is 18.0 Å². The van der Waals surface area contributed by atoms with Crippen LogP contribution >= 0.6 is 11.8 Å². The Labute approximate surface area is 297 Å². The molecule has 5 atom stereocenters. The highest BCUT2D eigenvalue weighted by molar-refractivity contribution is 7.99. The lowest BCUT2D eigenvalue weighted by Crippen LogP contribution is -2.46. The predicted octanol–water partition coefficient (Wildman–Crippen LogP) is 2.68. The topological polar surface area (TPSA) is 154 Å². The second kappa shape index (κ2) is 16.8. The van der Waals surface area contributed by atoms with Gasteiger partial charge in [0.05, 0.1) is 54.8 Å². The number of esters is 1. The molecule has 16 heteroatoms. The number of carbonyl (C=O) groups is 2. The minimum Gasteiger partial charge on any atom is -0.488 e. The largest absolute Gasteiger partial charge is 0.488 e. The van der Waals surface area contributed by atoms with E-state index in [0.717, 1.165) is 49.6 Å². The van der Waals surface area contributed by atoms with Gasteiger partial charge in [-0.15, -0.1) is 11.8 Å². The van der Waals surface area contributed by atoms with Crippen LogP contribution in [0.5, 0.6) is 5.75 Å². The number of cyclic esters (lactones) is 1. The van der Waals surface area contributed by atoms with E-state index in [1.807, 2.05) is 60.2 Å². The van der Waals surface area contributed by atoms with Crippen LogP contribution in [0.15, 0.2) is 54.9 Å². The number of hydrogen-bond donors (Lipinski definition) is 2. The summed E-state index contributed by atoms with van der Waals surface area (Å²) in [6.45, 7) is 9.12. The third kappa shape index (κ3) is 9.34. The maximum absolute atomic E-state index is 13.1. The smallest absolute Gasteiger partial charge is 0.310 e. The lowest BCUT2D eigenvalue weighted by molar-refractivity contribution is -0.163. The van der Waals surface area contributed by atoms with Gasteiger partial charge in [0, 0.05) is 56.8 Å². The van der Waals surface area contributed by atoms with Gasteiger partial charge in [-0.3, -0.25) is 19.4 Å². The standard InChI is InChI=1S/C34H46N6O8S2/c1-3-46-34-29(20-32(42)48-34)37-50(43,44)27-11-12-39(21-27)22-31(41)36-25-7-6-8-26(19-25)47-24(2)33(49-18-15-38-13-16-45-17-14-38)40-23-35-28-9-4-5-10-30(28)40/h4-10,19,23-24,27,29,33-34,37H,3,11-18,20-22H2,1-2H3,(H,36,41)/t24-,27?,29?,33?,34?/m1/s1. The molecular weight excluding hydrogens is 685 g/mol. The molecule has 2 aromatic carbocycles. The van der Waals surface area contributed by atoms with Gasteiger partial charge in [-0.2, -0.15) is 0 Å². The summed E-state index contributed by atoms with van der Waals surface area (Å²) in [4.78, 5) is 33.7. The molecule has 50 heavy (non-hydrogen) atoms. The Bertz CT molecular complexity index is 1720. The number of likely N-dealkylation sites (tertiary alicyclic amines) is 1. The van der Waals surface area contributed by atoms with Crippen LogP contribution in [0, 0.1) is 0 Å². The molecule has 272 valence electrons. The highest BCUT2D eigenvalue weighted by atomic mass is 32.2. The van der Waals surface area contributed by atoms with Crippen molar-refractivity contribution in [2.75, 3.05) is 70.2 Å². The van der Waals surface area contributed by atoms with Gasteiger partial charge in [0.25, 0.3) is 0 Å². The zero-order chi connectivity index (χ0) is 35.1. The summed E-state index contributed by atoms with van der Waals surface area (Å²) in [5.74, 6) is 0.776. The lowest BCUT2D eigenvalue weighted by atomic mass is 10.2. The van der Waals surface area contributed by atoms with Gasteiger partial charge in [0.15, 0.2) is 0 Å². The van der Waals surface area contributed by atoms with E-state index in [4.69, 9.17) is 18.9 Å². The Balaban J connectivity index is 1.03. The van der Waals surface area contributed by atoms with Crippen LogP contribution in [0.25, 0.3) is 11.0 Å². The number of amides is 1. The molecule has 1 aromatic heterocycles. The molecule has 1 amide bonds. The highest BCUT2D eigenvalue weighted by Crippen LogP contribution is 2.33. The number of sulfonamides is 1. The summed E-state index contributed by atoms with van der Waals surface area (Å²) in [7, 11) is -3.78. The van der Waals surface area contributed by atoms with Crippen molar-refractivity contribution < 1.29 is 37.0 Å². The van der Waals surface area contributed by atoms with E-state index in [2.05, 4.69) is 30.6 Å². The Hall–Kier alpha value is -3.25. The number of carbonyl (C=O) groups excluding carboxylic acids is 2. The maximum atomic E-state index is 13.1. The number of fused-ring (bicyclic) bond motifs is 1. The molecule has 3 aliphatic heterocycles. The molecule has 0 aliphatic carbocycles. The number of ether oxygens (including phenoxy) is 4. The van der Waals surface area contributed by atoms with Gasteiger partial charge in [0.2, 0.25) is 22.2 Å².